The molecule has 1 aromatic carbocycles. The van der Waals surface area contributed by atoms with Gasteiger partial charge in [-0.2, -0.15) is 0 Å². The molecular weight excluding hydrogens is 332 g/mol. The van der Waals surface area contributed by atoms with Crippen LogP contribution in [0.3, 0.4) is 0 Å². The van der Waals surface area contributed by atoms with Gasteiger partial charge in [0.15, 0.2) is 0 Å². The summed E-state index contributed by atoms with van der Waals surface area (Å²) in [6.45, 7) is 1.87. The summed E-state index contributed by atoms with van der Waals surface area (Å²) in [5, 5.41) is 11.5. The van der Waals surface area contributed by atoms with E-state index in [1.54, 1.807) is 35.2 Å². The quantitative estimate of drug-likeness (QED) is 0.630. The van der Waals surface area contributed by atoms with Gasteiger partial charge >= 0.3 is 5.69 Å². The van der Waals surface area contributed by atoms with Crippen LogP contribution in [0.1, 0.15) is 10.4 Å². The van der Waals surface area contributed by atoms with E-state index >= 15 is 0 Å². The summed E-state index contributed by atoms with van der Waals surface area (Å²) in [6, 6.07) is 9.90. The van der Waals surface area contributed by atoms with Gasteiger partial charge in [0.2, 0.25) is 5.82 Å². The molecule has 0 bridgehead atoms. The molecule has 1 saturated heterocycles. The maximum atomic E-state index is 12.5. The summed E-state index contributed by atoms with van der Waals surface area (Å²) in [6.07, 6.45) is 1.53. The van der Waals surface area contributed by atoms with E-state index in [-0.39, 0.29) is 11.6 Å². The molecule has 7 nitrogen and oxygen atoms in total. The Hall–Kier alpha value is -2.67. The number of pyridine rings is 1. The fraction of sp³-hybridized carbons (Fsp3) is 0.250. The molecule has 0 radical (unpaired) electrons. The second kappa shape index (κ2) is 6.84. The zero-order chi connectivity index (χ0) is 17.1. The van der Waals surface area contributed by atoms with Crippen LogP contribution in [0, 0.1) is 10.1 Å². The Morgan fingerprint density at radius 3 is 2.50 bits per heavy atom. The number of hydrogen-bond donors (Lipinski definition) is 0. The summed E-state index contributed by atoms with van der Waals surface area (Å²) in [5.74, 6) is 0.211. The van der Waals surface area contributed by atoms with Gasteiger partial charge < -0.3 is 9.80 Å². The smallest absolute Gasteiger partial charge is 0.311 e. The maximum absolute atomic E-state index is 12.5. The molecule has 0 N–H and O–H groups in total. The van der Waals surface area contributed by atoms with Crippen LogP contribution >= 0.6 is 11.6 Å². The van der Waals surface area contributed by atoms with Crippen molar-refractivity contribution in [3.05, 3.63) is 63.3 Å². The molecule has 0 atom stereocenters. The van der Waals surface area contributed by atoms with Crippen LogP contribution in [0.15, 0.2) is 42.6 Å². The van der Waals surface area contributed by atoms with Crippen molar-refractivity contribution in [3.63, 3.8) is 0 Å². The van der Waals surface area contributed by atoms with Crippen LogP contribution in [0.4, 0.5) is 11.5 Å². The first-order valence-corrected chi connectivity index (χ1v) is 7.84. The van der Waals surface area contributed by atoms with Crippen molar-refractivity contribution in [2.24, 2.45) is 0 Å². The molecule has 1 amide bonds. The Labute approximate surface area is 143 Å². The average Bonchev–Trinajstić information content (AvgIpc) is 2.62. The third-order valence-corrected chi connectivity index (χ3v) is 4.26. The number of hydrogen-bond acceptors (Lipinski definition) is 5. The summed E-state index contributed by atoms with van der Waals surface area (Å²) >= 11 is 6.08. The fourth-order valence-electron chi connectivity index (χ4n) is 2.70. The zero-order valence-electron chi connectivity index (χ0n) is 12.8. The molecule has 2 aromatic rings. The van der Waals surface area contributed by atoms with Crippen LogP contribution in [0.25, 0.3) is 0 Å². The molecule has 2 heterocycles. The van der Waals surface area contributed by atoms with Crippen molar-refractivity contribution in [3.8, 4) is 0 Å². The monoisotopic (exact) mass is 346 g/mol. The number of benzene rings is 1. The summed E-state index contributed by atoms with van der Waals surface area (Å²) < 4.78 is 0. The van der Waals surface area contributed by atoms with Gasteiger partial charge in [0, 0.05) is 38.4 Å². The highest BCUT2D eigenvalue weighted by molar-refractivity contribution is 6.33. The first kappa shape index (κ1) is 16.2. The molecule has 3 rings (SSSR count). The molecule has 0 unspecified atom stereocenters. The zero-order valence-corrected chi connectivity index (χ0v) is 13.5. The highest BCUT2D eigenvalue weighted by atomic mass is 35.5. The van der Waals surface area contributed by atoms with Crippen LogP contribution in [-0.4, -0.2) is 46.9 Å². The van der Waals surface area contributed by atoms with E-state index in [1.807, 2.05) is 4.90 Å². The molecule has 8 heteroatoms. The molecule has 1 aliphatic heterocycles. The van der Waals surface area contributed by atoms with E-state index in [9.17, 15) is 14.9 Å². The van der Waals surface area contributed by atoms with Gasteiger partial charge in [-0.1, -0.05) is 23.7 Å². The van der Waals surface area contributed by atoms with Gasteiger partial charge in [0.05, 0.1) is 15.5 Å². The normalized spacial score (nSPS) is 14.5. The maximum Gasteiger partial charge on any atom is 0.311 e. The summed E-state index contributed by atoms with van der Waals surface area (Å²) in [7, 11) is 0. The minimum atomic E-state index is -0.441. The molecule has 1 aromatic heterocycles. The first-order chi connectivity index (χ1) is 11.6. The van der Waals surface area contributed by atoms with E-state index in [1.165, 1.54) is 12.3 Å². The minimum Gasteiger partial charge on any atom is -0.347 e. The standard InChI is InChI=1S/C16H15ClN4O3/c17-13-5-2-1-4-12(13)16(22)20-10-8-19(9-11-20)15-14(21(23)24)6-3-7-18-15/h1-7H,8-11H2. The van der Waals surface area contributed by atoms with Gasteiger partial charge in [-0.15, -0.1) is 0 Å². The topological polar surface area (TPSA) is 79.6 Å². The number of nitrogens with zero attached hydrogens (tertiary/aromatic N) is 4. The first-order valence-electron chi connectivity index (χ1n) is 7.46. The average molecular weight is 347 g/mol. The highest BCUT2D eigenvalue weighted by Gasteiger charge is 2.27. The fourth-order valence-corrected chi connectivity index (χ4v) is 2.92. The molecule has 124 valence electrons. The van der Waals surface area contributed by atoms with Crippen molar-refractivity contribution in [2.75, 3.05) is 31.1 Å². The van der Waals surface area contributed by atoms with E-state index in [0.29, 0.717) is 42.6 Å². The van der Waals surface area contributed by atoms with Gasteiger partial charge in [-0.05, 0) is 18.2 Å². The van der Waals surface area contributed by atoms with Gasteiger partial charge in [-0.3, -0.25) is 14.9 Å². The lowest BCUT2D eigenvalue weighted by Gasteiger charge is -2.35. The number of carbonyl (C=O) groups is 1. The van der Waals surface area contributed by atoms with Gasteiger partial charge in [-0.25, -0.2) is 4.98 Å². The molecular formula is C16H15ClN4O3. The summed E-state index contributed by atoms with van der Waals surface area (Å²) in [5.41, 5.74) is 0.444. The predicted octanol–water partition coefficient (Wildman–Crippen LogP) is 2.61. The van der Waals surface area contributed by atoms with Gasteiger partial charge in [0.25, 0.3) is 5.91 Å². The Balaban J connectivity index is 1.72. The van der Waals surface area contributed by atoms with E-state index in [2.05, 4.69) is 4.98 Å². The Kier molecular flexibility index (Phi) is 4.61. The number of nitro groups is 1. The predicted molar refractivity (Wildman–Crippen MR) is 90.5 cm³/mol. The second-order valence-corrected chi connectivity index (χ2v) is 5.77. The lowest BCUT2D eigenvalue weighted by Crippen LogP contribution is -2.49. The van der Waals surface area contributed by atoms with Crippen LogP contribution < -0.4 is 4.90 Å². The molecule has 0 aliphatic carbocycles. The Morgan fingerprint density at radius 2 is 1.83 bits per heavy atom. The third-order valence-electron chi connectivity index (χ3n) is 3.93. The Bertz CT molecular complexity index is 775. The lowest BCUT2D eigenvalue weighted by atomic mass is 10.1. The van der Waals surface area contributed by atoms with E-state index in [4.69, 9.17) is 11.6 Å². The number of anilines is 1. The number of aromatic nitrogens is 1. The number of amides is 1. The molecule has 24 heavy (non-hydrogen) atoms. The number of halogens is 1. The van der Waals surface area contributed by atoms with Crippen LogP contribution in [0.2, 0.25) is 5.02 Å². The SMILES string of the molecule is O=C(c1ccccc1Cl)N1CCN(c2ncccc2[N+](=O)[O-])CC1. The molecule has 1 fully saturated rings. The third kappa shape index (κ3) is 3.16. The van der Waals surface area contributed by atoms with E-state index < -0.39 is 4.92 Å². The number of piperazine rings is 1. The number of carbonyl (C=O) groups excluding carboxylic acids is 1. The van der Waals surface area contributed by atoms with Crippen LogP contribution in [-0.2, 0) is 0 Å². The van der Waals surface area contributed by atoms with Crippen molar-refractivity contribution in [2.45, 2.75) is 0 Å². The highest BCUT2D eigenvalue weighted by Crippen LogP contribution is 2.26. The Morgan fingerprint density at radius 1 is 1.12 bits per heavy atom. The van der Waals surface area contributed by atoms with Crippen LogP contribution in [0.5, 0.6) is 0 Å². The summed E-state index contributed by atoms with van der Waals surface area (Å²) in [4.78, 5) is 30.9. The molecule has 1 aliphatic rings. The molecule has 0 spiro atoms. The minimum absolute atomic E-state index is 0.0246. The lowest BCUT2D eigenvalue weighted by molar-refractivity contribution is -0.384. The van der Waals surface area contributed by atoms with Gasteiger partial charge in [0.1, 0.15) is 0 Å². The number of rotatable bonds is 3. The van der Waals surface area contributed by atoms with Crippen molar-refractivity contribution in [1.82, 2.24) is 9.88 Å². The van der Waals surface area contributed by atoms with Crippen molar-refractivity contribution < 1.29 is 9.72 Å². The second-order valence-electron chi connectivity index (χ2n) is 5.36. The van der Waals surface area contributed by atoms with E-state index in [0.717, 1.165) is 0 Å². The van der Waals surface area contributed by atoms with Crippen molar-refractivity contribution >= 4 is 29.0 Å². The van der Waals surface area contributed by atoms with Crippen molar-refractivity contribution in [1.29, 1.82) is 0 Å². The largest absolute Gasteiger partial charge is 0.347 e. The molecule has 0 saturated carbocycles.